The van der Waals surface area contributed by atoms with Crippen LogP contribution in [0, 0.1) is 0 Å². The largest absolute Gasteiger partial charge is 0.299 e. The number of anilines is 1. The fourth-order valence-corrected chi connectivity index (χ4v) is 4.32. The maximum absolute atomic E-state index is 12.7. The number of sulfonamides is 1. The summed E-state index contributed by atoms with van der Waals surface area (Å²) in [7, 11) is -2.17. The van der Waals surface area contributed by atoms with Crippen LogP contribution in [-0.2, 0) is 14.8 Å². The van der Waals surface area contributed by atoms with Crippen molar-refractivity contribution in [3.8, 4) is 0 Å². The van der Waals surface area contributed by atoms with Gasteiger partial charge in [-0.1, -0.05) is 60.4 Å². The molecule has 7 nitrogen and oxygen atoms in total. The van der Waals surface area contributed by atoms with Crippen LogP contribution in [0.3, 0.4) is 0 Å². The van der Waals surface area contributed by atoms with Crippen LogP contribution in [0.4, 0.5) is 5.13 Å². The van der Waals surface area contributed by atoms with Crippen LogP contribution in [-0.4, -0.2) is 47.9 Å². The number of carbonyl (C=O) groups is 1. The van der Waals surface area contributed by atoms with E-state index >= 15 is 0 Å². The van der Waals surface area contributed by atoms with E-state index in [1.807, 2.05) is 0 Å². The first-order chi connectivity index (χ1) is 11.8. The van der Waals surface area contributed by atoms with E-state index in [9.17, 15) is 13.2 Å². The Kier molecular flexibility index (Phi) is 6.94. The Bertz CT molecular complexity index is 808. The van der Waals surface area contributed by atoms with Crippen LogP contribution in [0.1, 0.15) is 24.9 Å². The van der Waals surface area contributed by atoms with Crippen molar-refractivity contribution in [1.82, 2.24) is 14.5 Å². The molecule has 25 heavy (non-hydrogen) atoms. The first kappa shape index (κ1) is 19.8. The summed E-state index contributed by atoms with van der Waals surface area (Å²) in [6, 6.07) is 7.78. The molecule has 1 unspecified atom stereocenters. The van der Waals surface area contributed by atoms with Crippen molar-refractivity contribution in [3.05, 3.63) is 35.9 Å². The number of hydrogen-bond donors (Lipinski definition) is 1. The lowest BCUT2D eigenvalue weighted by Crippen LogP contribution is -2.38. The zero-order valence-corrected chi connectivity index (χ0v) is 16.6. The average molecular weight is 401 g/mol. The third-order valence-electron chi connectivity index (χ3n) is 3.32. The fraction of sp³-hybridized carbons (Fsp3) is 0.400. The average Bonchev–Trinajstić information content (AvgIpc) is 3.00. The van der Waals surface area contributed by atoms with Crippen molar-refractivity contribution >= 4 is 44.2 Å². The molecule has 0 radical (unpaired) electrons. The number of hydrogen-bond acceptors (Lipinski definition) is 7. The van der Waals surface area contributed by atoms with Crippen LogP contribution in [0.25, 0.3) is 0 Å². The normalized spacial score (nSPS) is 13.0. The summed E-state index contributed by atoms with van der Waals surface area (Å²) in [5.41, 5.74) is 0.582. The van der Waals surface area contributed by atoms with Gasteiger partial charge in [0.1, 0.15) is 6.04 Å². The van der Waals surface area contributed by atoms with Crippen molar-refractivity contribution in [1.29, 1.82) is 0 Å². The Hall–Kier alpha value is -1.49. The van der Waals surface area contributed by atoms with Gasteiger partial charge < -0.3 is 0 Å². The lowest BCUT2D eigenvalue weighted by Gasteiger charge is -2.25. The van der Waals surface area contributed by atoms with Gasteiger partial charge in [0.2, 0.25) is 21.1 Å². The van der Waals surface area contributed by atoms with E-state index in [0.29, 0.717) is 10.7 Å². The number of likely N-dealkylation sites (N-methyl/N-ethyl adjacent to an activating group) is 1. The molecule has 2 rings (SSSR count). The summed E-state index contributed by atoms with van der Waals surface area (Å²) in [5.74, 6) is 0.453. The van der Waals surface area contributed by atoms with Crippen molar-refractivity contribution in [2.24, 2.45) is 0 Å². The zero-order valence-electron chi connectivity index (χ0n) is 14.2. The van der Waals surface area contributed by atoms with Gasteiger partial charge in [0.15, 0.2) is 4.34 Å². The van der Waals surface area contributed by atoms with Gasteiger partial charge >= 0.3 is 0 Å². The second-order valence-electron chi connectivity index (χ2n) is 5.30. The Morgan fingerprint density at radius 3 is 2.60 bits per heavy atom. The highest BCUT2D eigenvalue weighted by Crippen LogP contribution is 2.28. The van der Waals surface area contributed by atoms with Crippen LogP contribution in [0.5, 0.6) is 0 Å². The molecule has 0 saturated heterocycles. The summed E-state index contributed by atoms with van der Waals surface area (Å²) in [6.07, 6.45) is 2.09. The number of amides is 1. The number of nitrogens with zero attached hydrogens (tertiary/aromatic N) is 3. The van der Waals surface area contributed by atoms with E-state index in [1.54, 1.807) is 42.1 Å². The minimum atomic E-state index is -3.56. The minimum Gasteiger partial charge on any atom is -0.299 e. The molecule has 10 heteroatoms. The molecule has 0 fully saturated rings. The van der Waals surface area contributed by atoms with E-state index in [1.165, 1.54) is 18.4 Å². The van der Waals surface area contributed by atoms with Gasteiger partial charge in [-0.3, -0.25) is 10.1 Å². The molecule has 1 aromatic heterocycles. The van der Waals surface area contributed by atoms with E-state index in [4.69, 9.17) is 0 Å². The van der Waals surface area contributed by atoms with Crippen molar-refractivity contribution in [3.63, 3.8) is 0 Å². The molecule has 0 saturated carbocycles. The monoisotopic (exact) mass is 400 g/mol. The highest BCUT2D eigenvalue weighted by molar-refractivity contribution is 8.01. The maximum atomic E-state index is 12.7. The Balaban J connectivity index is 2.22. The molecule has 0 aliphatic carbocycles. The molecular formula is C15H20N4O3S3. The predicted octanol–water partition coefficient (Wildman–Crippen LogP) is 2.61. The molecule has 0 spiro atoms. The second kappa shape index (κ2) is 8.75. The molecule has 136 valence electrons. The number of carbonyl (C=O) groups excluding carboxylic acids is 1. The number of nitrogens with one attached hydrogen (secondary N) is 1. The minimum absolute atomic E-state index is 0.353. The first-order valence-corrected chi connectivity index (χ1v) is 11.2. The highest BCUT2D eigenvalue weighted by Gasteiger charge is 2.31. The van der Waals surface area contributed by atoms with Gasteiger partial charge in [0.05, 0.1) is 6.26 Å². The molecule has 0 aliphatic heterocycles. The van der Waals surface area contributed by atoms with E-state index < -0.39 is 22.0 Å². The quantitative estimate of drug-likeness (QED) is 0.541. The maximum Gasteiger partial charge on any atom is 0.249 e. The van der Waals surface area contributed by atoms with Gasteiger partial charge in [-0.05, 0) is 12.0 Å². The standard InChI is InChI=1S/C15H20N4O3S3/c1-4-10-23-15-18-17-14(24-15)16-13(20)12(19(2)25(3,21)22)11-8-6-5-7-9-11/h5-9,12H,4,10H2,1-3H3,(H,16,17,20). The van der Waals surface area contributed by atoms with Crippen LogP contribution in [0.2, 0.25) is 0 Å². The van der Waals surface area contributed by atoms with E-state index in [-0.39, 0.29) is 0 Å². The number of rotatable bonds is 8. The van der Waals surface area contributed by atoms with Gasteiger partial charge in [0, 0.05) is 12.8 Å². The van der Waals surface area contributed by atoms with Crippen molar-refractivity contribution < 1.29 is 13.2 Å². The summed E-state index contributed by atoms with van der Waals surface area (Å²) in [5, 5.41) is 11.0. The summed E-state index contributed by atoms with van der Waals surface area (Å²) in [4.78, 5) is 12.7. The third kappa shape index (κ3) is 5.50. The Morgan fingerprint density at radius 2 is 2.00 bits per heavy atom. The van der Waals surface area contributed by atoms with Gasteiger partial charge in [0.25, 0.3) is 0 Å². The molecule has 1 atom stereocenters. The Morgan fingerprint density at radius 1 is 1.32 bits per heavy atom. The zero-order chi connectivity index (χ0) is 18.4. The van der Waals surface area contributed by atoms with Crippen molar-refractivity contribution in [2.45, 2.75) is 23.7 Å². The van der Waals surface area contributed by atoms with Gasteiger partial charge in [-0.15, -0.1) is 10.2 Å². The smallest absolute Gasteiger partial charge is 0.249 e. The molecule has 0 aliphatic rings. The van der Waals surface area contributed by atoms with Gasteiger partial charge in [-0.2, -0.15) is 4.31 Å². The second-order valence-corrected chi connectivity index (χ2v) is 9.66. The lowest BCUT2D eigenvalue weighted by molar-refractivity contribution is -0.119. The highest BCUT2D eigenvalue weighted by atomic mass is 32.2. The summed E-state index contributed by atoms with van der Waals surface area (Å²) >= 11 is 2.84. The predicted molar refractivity (Wildman–Crippen MR) is 101 cm³/mol. The molecule has 1 heterocycles. The van der Waals surface area contributed by atoms with Crippen LogP contribution < -0.4 is 5.32 Å². The third-order valence-corrected chi connectivity index (χ3v) is 6.75. The lowest BCUT2D eigenvalue weighted by atomic mass is 10.1. The molecule has 1 N–H and O–H groups in total. The van der Waals surface area contributed by atoms with Crippen LogP contribution >= 0.6 is 23.1 Å². The van der Waals surface area contributed by atoms with Crippen LogP contribution in [0.15, 0.2) is 34.7 Å². The van der Waals surface area contributed by atoms with E-state index in [0.717, 1.165) is 27.1 Å². The van der Waals surface area contributed by atoms with Gasteiger partial charge in [-0.25, -0.2) is 8.42 Å². The number of aromatic nitrogens is 2. The summed E-state index contributed by atoms with van der Waals surface area (Å²) in [6.45, 7) is 2.07. The summed E-state index contributed by atoms with van der Waals surface area (Å²) < 4.78 is 25.7. The molecule has 0 bridgehead atoms. The molecule has 1 amide bonds. The number of benzene rings is 1. The molecular weight excluding hydrogens is 380 g/mol. The first-order valence-electron chi connectivity index (χ1n) is 7.58. The topological polar surface area (TPSA) is 92.3 Å². The fourth-order valence-electron chi connectivity index (χ4n) is 2.03. The SMILES string of the molecule is CCCSc1nnc(NC(=O)C(c2ccccc2)N(C)S(C)(=O)=O)s1. The van der Waals surface area contributed by atoms with Crippen molar-refractivity contribution in [2.75, 3.05) is 24.4 Å². The van der Waals surface area contributed by atoms with E-state index in [2.05, 4.69) is 22.4 Å². The molecule has 1 aromatic carbocycles. The number of thioether (sulfide) groups is 1. The molecule has 2 aromatic rings. The Labute approximate surface area is 155 Å².